The lowest BCUT2D eigenvalue weighted by atomic mass is 10.1. The Bertz CT molecular complexity index is 472. The topological polar surface area (TPSA) is 56.7 Å². The molecule has 4 heteroatoms. The van der Waals surface area contributed by atoms with E-state index in [1.807, 2.05) is 13.1 Å². The Morgan fingerprint density at radius 3 is 2.53 bits per heavy atom. The Hall–Kier alpha value is -1.68. The van der Waals surface area contributed by atoms with E-state index in [2.05, 4.69) is 41.5 Å². The van der Waals surface area contributed by atoms with Gasteiger partial charge in [-0.3, -0.25) is 0 Å². The van der Waals surface area contributed by atoms with Crippen LogP contribution in [0.4, 0.5) is 0 Å². The third-order valence-corrected chi connectivity index (χ3v) is 2.94. The molecule has 1 aromatic carbocycles. The molecule has 0 bridgehead atoms. The number of nitrogens with zero attached hydrogens (tertiary/aromatic N) is 3. The molecule has 17 heavy (non-hydrogen) atoms. The maximum Gasteiger partial charge on any atom is 0.0998 e. The monoisotopic (exact) mass is 230 g/mol. The van der Waals surface area contributed by atoms with Crippen LogP contribution in [0.2, 0.25) is 0 Å². The largest absolute Gasteiger partial charge is 0.323 e. The fourth-order valence-corrected chi connectivity index (χ4v) is 1.67. The zero-order valence-electron chi connectivity index (χ0n) is 10.3. The molecular weight excluding hydrogens is 212 g/mol. The fraction of sp³-hybridized carbons (Fsp3) is 0.385. The van der Waals surface area contributed by atoms with Gasteiger partial charge in [-0.2, -0.15) is 0 Å². The lowest BCUT2D eigenvalue weighted by molar-refractivity contribution is 0.670. The second-order valence-corrected chi connectivity index (χ2v) is 4.12. The normalized spacial score (nSPS) is 12.6. The molecule has 0 spiro atoms. The van der Waals surface area contributed by atoms with Gasteiger partial charge in [0, 0.05) is 0 Å². The molecule has 90 valence electrons. The van der Waals surface area contributed by atoms with Crippen molar-refractivity contribution in [3.63, 3.8) is 0 Å². The van der Waals surface area contributed by atoms with Gasteiger partial charge in [0.05, 0.1) is 23.6 Å². The summed E-state index contributed by atoms with van der Waals surface area (Å²) in [6, 6.07) is 8.29. The average molecular weight is 230 g/mol. The summed E-state index contributed by atoms with van der Waals surface area (Å²) in [5, 5.41) is 8.19. The predicted octanol–water partition coefficient (Wildman–Crippen LogP) is 2.24. The summed E-state index contributed by atoms with van der Waals surface area (Å²) >= 11 is 0. The summed E-state index contributed by atoms with van der Waals surface area (Å²) in [6.07, 6.45) is 3.81. The first-order valence-corrected chi connectivity index (χ1v) is 6.01. The molecule has 0 saturated heterocycles. The highest BCUT2D eigenvalue weighted by Crippen LogP contribution is 2.13. The smallest absolute Gasteiger partial charge is 0.0998 e. The van der Waals surface area contributed by atoms with Gasteiger partial charge in [-0.1, -0.05) is 31.2 Å². The summed E-state index contributed by atoms with van der Waals surface area (Å²) in [4.78, 5) is 0. The molecule has 1 atom stereocenters. The number of hydrogen-bond donors (Lipinski definition) is 1. The average Bonchev–Trinajstić information content (AvgIpc) is 2.87. The highest BCUT2D eigenvalue weighted by atomic mass is 15.4. The molecule has 0 aliphatic carbocycles. The van der Waals surface area contributed by atoms with Gasteiger partial charge in [0.2, 0.25) is 0 Å². The maximum absolute atomic E-state index is 5.92. The van der Waals surface area contributed by atoms with Crippen LogP contribution in [0.15, 0.2) is 30.5 Å². The van der Waals surface area contributed by atoms with E-state index in [0.717, 1.165) is 24.2 Å². The molecule has 2 rings (SSSR count). The SMILES string of the molecule is CCc1ccc(-n2cc(C(N)CC)nn2)cc1. The van der Waals surface area contributed by atoms with Crippen LogP contribution in [0.1, 0.15) is 37.6 Å². The highest BCUT2D eigenvalue weighted by molar-refractivity contribution is 5.33. The van der Waals surface area contributed by atoms with E-state index in [1.165, 1.54) is 5.56 Å². The predicted molar refractivity (Wildman–Crippen MR) is 68.0 cm³/mol. The van der Waals surface area contributed by atoms with Crippen molar-refractivity contribution >= 4 is 0 Å². The first kappa shape index (κ1) is 11.8. The van der Waals surface area contributed by atoms with E-state index >= 15 is 0 Å². The summed E-state index contributed by atoms with van der Waals surface area (Å²) in [6.45, 7) is 4.18. The van der Waals surface area contributed by atoms with Crippen LogP contribution in [0.25, 0.3) is 5.69 Å². The van der Waals surface area contributed by atoms with E-state index in [1.54, 1.807) is 4.68 Å². The molecule has 4 nitrogen and oxygen atoms in total. The minimum absolute atomic E-state index is 0.0290. The Balaban J connectivity index is 2.24. The molecule has 0 amide bonds. The molecule has 0 fully saturated rings. The number of benzene rings is 1. The second-order valence-electron chi connectivity index (χ2n) is 4.12. The highest BCUT2D eigenvalue weighted by Gasteiger charge is 2.08. The zero-order valence-corrected chi connectivity index (χ0v) is 10.3. The molecule has 0 aliphatic rings. The Kier molecular flexibility index (Phi) is 3.54. The van der Waals surface area contributed by atoms with Crippen molar-refractivity contribution in [3.05, 3.63) is 41.7 Å². The number of rotatable bonds is 4. The summed E-state index contributed by atoms with van der Waals surface area (Å²) in [5.41, 5.74) is 9.09. The summed E-state index contributed by atoms with van der Waals surface area (Å²) in [5.74, 6) is 0. The Morgan fingerprint density at radius 1 is 1.24 bits per heavy atom. The van der Waals surface area contributed by atoms with E-state index in [9.17, 15) is 0 Å². The van der Waals surface area contributed by atoms with Crippen LogP contribution < -0.4 is 5.73 Å². The van der Waals surface area contributed by atoms with E-state index in [0.29, 0.717) is 0 Å². The summed E-state index contributed by atoms with van der Waals surface area (Å²) < 4.78 is 1.77. The summed E-state index contributed by atoms with van der Waals surface area (Å²) in [7, 11) is 0. The van der Waals surface area contributed by atoms with Crippen molar-refractivity contribution in [1.82, 2.24) is 15.0 Å². The van der Waals surface area contributed by atoms with Crippen molar-refractivity contribution in [1.29, 1.82) is 0 Å². The second kappa shape index (κ2) is 5.10. The lowest BCUT2D eigenvalue weighted by Crippen LogP contribution is -2.08. The van der Waals surface area contributed by atoms with Gasteiger partial charge < -0.3 is 5.73 Å². The van der Waals surface area contributed by atoms with Crippen molar-refractivity contribution in [2.75, 3.05) is 0 Å². The van der Waals surface area contributed by atoms with Gasteiger partial charge in [-0.05, 0) is 30.5 Å². The molecule has 0 saturated carbocycles. The molecule has 1 heterocycles. The van der Waals surface area contributed by atoms with Crippen LogP contribution in [-0.4, -0.2) is 15.0 Å². The number of nitrogens with two attached hydrogens (primary N) is 1. The van der Waals surface area contributed by atoms with Crippen LogP contribution in [0.5, 0.6) is 0 Å². The van der Waals surface area contributed by atoms with Crippen LogP contribution in [0, 0.1) is 0 Å². The quantitative estimate of drug-likeness (QED) is 0.876. The zero-order chi connectivity index (χ0) is 12.3. The minimum Gasteiger partial charge on any atom is -0.323 e. The molecule has 2 aromatic rings. The van der Waals surface area contributed by atoms with Crippen molar-refractivity contribution in [2.45, 2.75) is 32.7 Å². The van der Waals surface area contributed by atoms with Gasteiger partial charge in [-0.15, -0.1) is 5.10 Å². The van der Waals surface area contributed by atoms with Gasteiger partial charge >= 0.3 is 0 Å². The van der Waals surface area contributed by atoms with Crippen LogP contribution in [0.3, 0.4) is 0 Å². The number of aromatic nitrogens is 3. The first-order valence-electron chi connectivity index (χ1n) is 6.01. The van der Waals surface area contributed by atoms with Gasteiger partial charge in [0.1, 0.15) is 0 Å². The van der Waals surface area contributed by atoms with Gasteiger partial charge in [-0.25, -0.2) is 4.68 Å². The third kappa shape index (κ3) is 2.53. The van der Waals surface area contributed by atoms with Crippen molar-refractivity contribution in [2.24, 2.45) is 5.73 Å². The molecule has 0 radical (unpaired) electrons. The van der Waals surface area contributed by atoms with Crippen molar-refractivity contribution in [3.8, 4) is 5.69 Å². The fourth-order valence-electron chi connectivity index (χ4n) is 1.67. The number of aryl methyl sites for hydroxylation is 1. The lowest BCUT2D eigenvalue weighted by Gasteiger charge is -2.03. The van der Waals surface area contributed by atoms with E-state index in [-0.39, 0.29) is 6.04 Å². The number of hydrogen-bond acceptors (Lipinski definition) is 3. The molecule has 1 aromatic heterocycles. The van der Waals surface area contributed by atoms with Crippen molar-refractivity contribution < 1.29 is 0 Å². The first-order chi connectivity index (χ1) is 8.24. The maximum atomic E-state index is 5.92. The Morgan fingerprint density at radius 2 is 1.94 bits per heavy atom. The Labute approximate surface area is 101 Å². The van der Waals surface area contributed by atoms with Crippen LogP contribution >= 0.6 is 0 Å². The minimum atomic E-state index is -0.0290. The third-order valence-electron chi connectivity index (χ3n) is 2.94. The molecule has 1 unspecified atom stereocenters. The van der Waals surface area contributed by atoms with Crippen LogP contribution in [-0.2, 0) is 6.42 Å². The van der Waals surface area contributed by atoms with Gasteiger partial charge in [0.25, 0.3) is 0 Å². The van der Waals surface area contributed by atoms with E-state index < -0.39 is 0 Å². The molecular formula is C13H18N4. The standard InChI is InChI=1S/C13H18N4/c1-3-10-5-7-11(8-6-10)17-9-13(15-16-17)12(14)4-2/h5-9,12H,3-4,14H2,1-2H3. The molecule has 2 N–H and O–H groups in total. The molecule has 0 aliphatic heterocycles. The van der Waals surface area contributed by atoms with Gasteiger partial charge in [0.15, 0.2) is 0 Å². The van der Waals surface area contributed by atoms with E-state index in [4.69, 9.17) is 5.73 Å².